The first-order chi connectivity index (χ1) is 14.8. The molecular formula is C23H27N3O3S2. The summed E-state index contributed by atoms with van der Waals surface area (Å²) >= 11 is 2.81. The topological polar surface area (TPSA) is 73.2 Å². The predicted octanol–water partition coefficient (Wildman–Crippen LogP) is 4.11. The van der Waals surface area contributed by atoms with Gasteiger partial charge in [0.15, 0.2) is 5.16 Å². The van der Waals surface area contributed by atoms with Crippen molar-refractivity contribution in [2.24, 2.45) is 0 Å². The van der Waals surface area contributed by atoms with E-state index in [9.17, 15) is 9.59 Å². The Morgan fingerprint density at radius 3 is 2.71 bits per heavy atom. The number of thioether (sulfide) groups is 1. The fraction of sp³-hybridized carbons (Fsp3) is 0.348. The van der Waals surface area contributed by atoms with E-state index in [2.05, 4.69) is 11.9 Å². The first-order valence-corrected chi connectivity index (χ1v) is 11.7. The van der Waals surface area contributed by atoms with E-state index in [1.54, 1.807) is 17.8 Å². The molecule has 0 fully saturated rings. The Bertz CT molecular complexity index is 1150. The van der Waals surface area contributed by atoms with E-state index in [4.69, 9.17) is 9.72 Å². The third-order valence-electron chi connectivity index (χ3n) is 5.09. The third-order valence-corrected chi connectivity index (χ3v) is 7.28. The lowest BCUT2D eigenvalue weighted by molar-refractivity contribution is -0.120. The summed E-state index contributed by atoms with van der Waals surface area (Å²) in [6.45, 7) is 10.4. The maximum atomic E-state index is 13.1. The summed E-state index contributed by atoms with van der Waals surface area (Å²) in [5.74, 6) is 0.723. The molecule has 3 aromatic rings. The summed E-state index contributed by atoms with van der Waals surface area (Å²) in [6, 6.07) is 7.79. The van der Waals surface area contributed by atoms with Crippen LogP contribution < -0.4 is 15.6 Å². The van der Waals surface area contributed by atoms with Gasteiger partial charge in [0.25, 0.3) is 5.56 Å². The fourth-order valence-corrected chi connectivity index (χ4v) is 5.18. The highest BCUT2D eigenvalue weighted by Gasteiger charge is 2.21. The normalized spacial score (nSPS) is 12.0. The van der Waals surface area contributed by atoms with E-state index in [1.165, 1.54) is 23.1 Å². The van der Waals surface area contributed by atoms with Crippen LogP contribution in [0.4, 0.5) is 0 Å². The van der Waals surface area contributed by atoms with E-state index in [0.29, 0.717) is 23.6 Å². The molecule has 1 aromatic carbocycles. The van der Waals surface area contributed by atoms with Crippen molar-refractivity contribution in [1.82, 2.24) is 14.9 Å². The summed E-state index contributed by atoms with van der Waals surface area (Å²) in [6.07, 6.45) is 2.40. The van der Waals surface area contributed by atoms with Crippen LogP contribution in [0.25, 0.3) is 10.2 Å². The molecule has 0 spiro atoms. The number of benzene rings is 1. The number of carbonyl (C=O) groups is 1. The fourth-order valence-electron chi connectivity index (χ4n) is 3.17. The van der Waals surface area contributed by atoms with E-state index in [1.807, 2.05) is 45.0 Å². The minimum atomic E-state index is -0.390. The zero-order valence-electron chi connectivity index (χ0n) is 18.2. The monoisotopic (exact) mass is 457 g/mol. The number of nitrogens with zero attached hydrogens (tertiary/aromatic N) is 2. The minimum absolute atomic E-state index is 0.0821. The number of nitrogens with one attached hydrogen (secondary N) is 1. The van der Waals surface area contributed by atoms with Crippen LogP contribution in [0.5, 0.6) is 5.75 Å². The molecule has 0 saturated heterocycles. The highest BCUT2D eigenvalue weighted by Crippen LogP contribution is 2.29. The van der Waals surface area contributed by atoms with Crippen molar-refractivity contribution in [2.45, 2.75) is 44.1 Å². The summed E-state index contributed by atoms with van der Waals surface area (Å²) in [7, 11) is 1.64. The Balaban J connectivity index is 1.70. The number of rotatable bonds is 9. The molecule has 1 amide bonds. The van der Waals surface area contributed by atoms with Crippen molar-refractivity contribution in [1.29, 1.82) is 0 Å². The van der Waals surface area contributed by atoms with E-state index in [0.717, 1.165) is 33.0 Å². The number of hydrogen-bond acceptors (Lipinski definition) is 6. The van der Waals surface area contributed by atoms with Gasteiger partial charge in [-0.1, -0.05) is 30.0 Å². The first-order valence-electron chi connectivity index (χ1n) is 10.0. The molecule has 31 heavy (non-hydrogen) atoms. The van der Waals surface area contributed by atoms with Crippen molar-refractivity contribution in [3.8, 4) is 5.75 Å². The number of fused-ring (bicyclic) bond motifs is 1. The number of allylic oxidation sites excluding steroid dienone is 1. The Labute approximate surface area is 190 Å². The number of methoxy groups -OCH3 is 1. The number of amides is 1. The lowest BCUT2D eigenvalue weighted by atomic mass is 10.1. The molecule has 2 heterocycles. The lowest BCUT2D eigenvalue weighted by Crippen LogP contribution is -2.33. The second-order valence-corrected chi connectivity index (χ2v) is 9.72. The highest BCUT2D eigenvalue weighted by molar-refractivity contribution is 8.00. The van der Waals surface area contributed by atoms with Gasteiger partial charge in [-0.2, -0.15) is 0 Å². The molecule has 1 unspecified atom stereocenters. The Morgan fingerprint density at radius 2 is 2.06 bits per heavy atom. The molecule has 2 aromatic heterocycles. The molecule has 0 bridgehead atoms. The van der Waals surface area contributed by atoms with Crippen molar-refractivity contribution in [2.75, 3.05) is 13.7 Å². The predicted molar refractivity (Wildman–Crippen MR) is 129 cm³/mol. The molecular weight excluding hydrogens is 430 g/mol. The van der Waals surface area contributed by atoms with Gasteiger partial charge in [-0.3, -0.25) is 14.2 Å². The SMILES string of the molecule is C=CCn1c(SC(C)C(=O)NCCc2ccc(OC)cc2)nc2sc(C)c(C)c2c1=O. The zero-order chi connectivity index (χ0) is 22.5. The lowest BCUT2D eigenvalue weighted by Gasteiger charge is -2.15. The van der Waals surface area contributed by atoms with Gasteiger partial charge in [0.05, 0.1) is 17.7 Å². The van der Waals surface area contributed by atoms with Crippen LogP contribution in [0.3, 0.4) is 0 Å². The Kier molecular flexibility index (Phi) is 7.56. The maximum Gasteiger partial charge on any atom is 0.263 e. The van der Waals surface area contributed by atoms with Crippen molar-refractivity contribution in [3.05, 3.63) is 63.3 Å². The summed E-state index contributed by atoms with van der Waals surface area (Å²) < 4.78 is 6.76. The van der Waals surface area contributed by atoms with Crippen LogP contribution in [0.1, 0.15) is 22.9 Å². The van der Waals surface area contributed by atoms with Crippen LogP contribution in [-0.2, 0) is 17.8 Å². The molecule has 0 aliphatic rings. The molecule has 0 radical (unpaired) electrons. The first kappa shape index (κ1) is 23.1. The standard InChI is InChI=1S/C23H27N3O3S2/c1-6-13-26-22(28)19-14(2)15(3)30-21(19)25-23(26)31-16(4)20(27)24-12-11-17-7-9-18(29-5)10-8-17/h6-10,16H,1,11-13H2,2-5H3,(H,24,27). The number of aryl methyl sites for hydroxylation is 2. The largest absolute Gasteiger partial charge is 0.497 e. The highest BCUT2D eigenvalue weighted by atomic mass is 32.2. The minimum Gasteiger partial charge on any atom is -0.497 e. The average molecular weight is 458 g/mol. The number of carbonyl (C=O) groups excluding carboxylic acids is 1. The molecule has 8 heteroatoms. The van der Waals surface area contributed by atoms with Gasteiger partial charge in [0.2, 0.25) is 5.91 Å². The molecule has 1 atom stereocenters. The smallest absolute Gasteiger partial charge is 0.263 e. The zero-order valence-corrected chi connectivity index (χ0v) is 19.9. The molecule has 164 valence electrons. The van der Waals surface area contributed by atoms with Crippen molar-refractivity contribution < 1.29 is 9.53 Å². The number of ether oxygens (including phenoxy) is 1. The number of thiophene rings is 1. The Morgan fingerprint density at radius 1 is 1.35 bits per heavy atom. The van der Waals surface area contributed by atoms with Gasteiger partial charge < -0.3 is 10.1 Å². The second-order valence-electron chi connectivity index (χ2n) is 7.21. The summed E-state index contributed by atoms with van der Waals surface area (Å²) in [4.78, 5) is 32.2. The molecule has 1 N–H and O–H groups in total. The molecule has 3 rings (SSSR count). The van der Waals surface area contributed by atoms with Gasteiger partial charge in [0.1, 0.15) is 10.6 Å². The van der Waals surface area contributed by atoms with E-state index in [-0.39, 0.29) is 11.5 Å². The second kappa shape index (κ2) is 10.2. The molecule has 0 saturated carbocycles. The van der Waals surface area contributed by atoms with Crippen LogP contribution in [0, 0.1) is 13.8 Å². The van der Waals surface area contributed by atoms with Gasteiger partial charge in [-0.25, -0.2) is 4.98 Å². The van der Waals surface area contributed by atoms with Gasteiger partial charge in [-0.15, -0.1) is 17.9 Å². The van der Waals surface area contributed by atoms with E-state index < -0.39 is 5.25 Å². The molecule has 0 aliphatic carbocycles. The van der Waals surface area contributed by atoms with Crippen molar-refractivity contribution in [3.63, 3.8) is 0 Å². The number of hydrogen-bond donors (Lipinski definition) is 1. The molecule has 0 aliphatic heterocycles. The van der Waals surface area contributed by atoms with Crippen LogP contribution in [0.15, 0.2) is 46.9 Å². The maximum absolute atomic E-state index is 13.1. The third kappa shape index (κ3) is 5.19. The van der Waals surface area contributed by atoms with E-state index >= 15 is 0 Å². The number of aromatic nitrogens is 2. The average Bonchev–Trinajstić information content (AvgIpc) is 3.04. The molecule has 6 nitrogen and oxygen atoms in total. The Hall–Kier alpha value is -2.58. The van der Waals surface area contributed by atoms with Crippen molar-refractivity contribution >= 4 is 39.2 Å². The van der Waals surface area contributed by atoms with Gasteiger partial charge in [-0.05, 0) is 50.5 Å². The van der Waals surface area contributed by atoms with Crippen LogP contribution in [-0.4, -0.2) is 34.4 Å². The summed E-state index contributed by atoms with van der Waals surface area (Å²) in [5.41, 5.74) is 2.01. The van der Waals surface area contributed by atoms with Gasteiger partial charge in [0, 0.05) is 18.0 Å². The summed E-state index contributed by atoms with van der Waals surface area (Å²) in [5, 5.41) is 3.78. The van der Waals surface area contributed by atoms with Gasteiger partial charge >= 0.3 is 0 Å². The quantitative estimate of drug-likeness (QED) is 0.297. The van der Waals surface area contributed by atoms with Crippen LogP contribution >= 0.6 is 23.1 Å². The van der Waals surface area contributed by atoms with Crippen LogP contribution in [0.2, 0.25) is 0 Å².